The normalized spacial score (nSPS) is 15.8. The highest BCUT2D eigenvalue weighted by atomic mass is 32.1. The molecule has 12 heavy (non-hydrogen) atoms. The highest BCUT2D eigenvalue weighted by Gasteiger charge is 2.14. The predicted octanol–water partition coefficient (Wildman–Crippen LogP) is 2.45. The van der Waals surface area contributed by atoms with Gasteiger partial charge < -0.3 is 5.32 Å². The summed E-state index contributed by atoms with van der Waals surface area (Å²) in [5.74, 6) is 0. The highest BCUT2D eigenvalue weighted by Crippen LogP contribution is 2.29. The lowest BCUT2D eigenvalue weighted by Gasteiger charge is -2.06. The molecule has 0 radical (unpaired) electrons. The number of rotatable bonds is 2. The van der Waals surface area contributed by atoms with E-state index in [0.717, 1.165) is 11.7 Å². The Balaban J connectivity index is 2.20. The minimum atomic E-state index is 0.979. The Morgan fingerprint density at radius 1 is 1.42 bits per heavy atom. The third kappa shape index (κ3) is 1.46. The zero-order valence-corrected chi connectivity index (χ0v) is 8.21. The van der Waals surface area contributed by atoms with Gasteiger partial charge in [-0.15, -0.1) is 11.3 Å². The van der Waals surface area contributed by atoms with Crippen LogP contribution in [-0.4, -0.2) is 11.5 Å². The van der Waals surface area contributed by atoms with Gasteiger partial charge in [0.2, 0.25) is 0 Å². The summed E-state index contributed by atoms with van der Waals surface area (Å²) >= 11 is 1.84. The molecule has 1 aliphatic rings. The number of fused-ring (bicyclic) bond motifs is 1. The second-order valence-corrected chi connectivity index (χ2v) is 4.21. The van der Waals surface area contributed by atoms with Crippen molar-refractivity contribution in [2.75, 3.05) is 11.9 Å². The van der Waals surface area contributed by atoms with Crippen LogP contribution in [0.3, 0.4) is 0 Å². The van der Waals surface area contributed by atoms with Crippen molar-refractivity contribution in [3.05, 3.63) is 10.6 Å². The van der Waals surface area contributed by atoms with Gasteiger partial charge in [0, 0.05) is 11.4 Å². The van der Waals surface area contributed by atoms with Crippen LogP contribution in [0, 0.1) is 0 Å². The molecule has 66 valence electrons. The SMILES string of the molecule is CCNc1nc2c(s1)CCCC2. The molecule has 2 rings (SSSR count). The third-order valence-corrected chi connectivity index (χ3v) is 3.29. The van der Waals surface area contributed by atoms with Crippen molar-refractivity contribution < 1.29 is 0 Å². The van der Waals surface area contributed by atoms with Crippen molar-refractivity contribution in [3.8, 4) is 0 Å². The van der Waals surface area contributed by atoms with Crippen LogP contribution in [-0.2, 0) is 12.8 Å². The molecule has 1 heterocycles. The van der Waals surface area contributed by atoms with Crippen molar-refractivity contribution in [1.82, 2.24) is 4.98 Å². The van der Waals surface area contributed by atoms with Crippen molar-refractivity contribution in [2.24, 2.45) is 0 Å². The minimum absolute atomic E-state index is 0.979. The Morgan fingerprint density at radius 2 is 2.25 bits per heavy atom. The first kappa shape index (κ1) is 8.05. The van der Waals surface area contributed by atoms with E-state index in [2.05, 4.69) is 17.2 Å². The molecule has 0 amide bonds. The predicted molar refractivity (Wildman–Crippen MR) is 52.9 cm³/mol. The van der Waals surface area contributed by atoms with Gasteiger partial charge in [-0.3, -0.25) is 0 Å². The lowest BCUT2D eigenvalue weighted by Crippen LogP contribution is -1.99. The summed E-state index contributed by atoms with van der Waals surface area (Å²) < 4.78 is 0. The Bertz CT molecular complexity index is 244. The maximum absolute atomic E-state index is 4.55. The van der Waals surface area contributed by atoms with Crippen LogP contribution < -0.4 is 5.32 Å². The van der Waals surface area contributed by atoms with Crippen LogP contribution in [0.15, 0.2) is 0 Å². The van der Waals surface area contributed by atoms with E-state index in [1.54, 1.807) is 0 Å². The summed E-state index contributed by atoms with van der Waals surface area (Å²) in [5, 5.41) is 4.39. The molecule has 0 saturated heterocycles. The molecular weight excluding hydrogens is 168 g/mol. The molecule has 0 saturated carbocycles. The topological polar surface area (TPSA) is 24.9 Å². The molecule has 0 aromatic carbocycles. The first-order chi connectivity index (χ1) is 5.90. The summed E-state index contributed by atoms with van der Waals surface area (Å²) in [4.78, 5) is 6.06. The summed E-state index contributed by atoms with van der Waals surface area (Å²) in [6, 6.07) is 0. The second-order valence-electron chi connectivity index (χ2n) is 3.13. The Kier molecular flexibility index (Phi) is 2.30. The van der Waals surface area contributed by atoms with Gasteiger partial charge >= 0.3 is 0 Å². The first-order valence-corrected chi connectivity index (χ1v) is 5.44. The smallest absolute Gasteiger partial charge is 0.183 e. The largest absolute Gasteiger partial charge is 0.362 e. The van der Waals surface area contributed by atoms with E-state index >= 15 is 0 Å². The zero-order valence-electron chi connectivity index (χ0n) is 7.39. The van der Waals surface area contributed by atoms with E-state index in [1.165, 1.54) is 36.3 Å². The summed E-state index contributed by atoms with van der Waals surface area (Å²) in [5.41, 5.74) is 1.35. The monoisotopic (exact) mass is 182 g/mol. The maximum atomic E-state index is 4.55. The summed E-state index contributed by atoms with van der Waals surface area (Å²) in [6.45, 7) is 3.09. The van der Waals surface area contributed by atoms with Gasteiger partial charge in [0.05, 0.1) is 5.69 Å². The van der Waals surface area contributed by atoms with E-state index in [9.17, 15) is 0 Å². The molecule has 0 atom stereocenters. The Labute approximate surface area is 77.0 Å². The van der Waals surface area contributed by atoms with E-state index < -0.39 is 0 Å². The standard InChI is InChI=1S/C9H14N2S/c1-2-10-9-11-7-5-3-4-6-8(7)12-9/h2-6H2,1H3,(H,10,11). The first-order valence-electron chi connectivity index (χ1n) is 4.62. The van der Waals surface area contributed by atoms with E-state index in [1.807, 2.05) is 11.3 Å². The molecule has 0 bridgehead atoms. The molecule has 3 heteroatoms. The fourth-order valence-electron chi connectivity index (χ4n) is 1.58. The number of nitrogens with one attached hydrogen (secondary N) is 1. The van der Waals surface area contributed by atoms with Gasteiger partial charge in [0.15, 0.2) is 5.13 Å². The molecular formula is C9H14N2S. The van der Waals surface area contributed by atoms with Crippen molar-refractivity contribution in [1.29, 1.82) is 0 Å². The van der Waals surface area contributed by atoms with Gasteiger partial charge in [-0.25, -0.2) is 4.98 Å². The molecule has 2 nitrogen and oxygen atoms in total. The molecule has 1 aliphatic carbocycles. The number of aromatic nitrogens is 1. The fourth-order valence-corrected chi connectivity index (χ4v) is 2.70. The third-order valence-electron chi connectivity index (χ3n) is 2.17. The number of nitrogens with zero attached hydrogens (tertiary/aromatic N) is 1. The molecule has 1 N–H and O–H groups in total. The lowest BCUT2D eigenvalue weighted by atomic mass is 10.0. The molecule has 0 unspecified atom stereocenters. The fraction of sp³-hybridized carbons (Fsp3) is 0.667. The van der Waals surface area contributed by atoms with Crippen molar-refractivity contribution in [3.63, 3.8) is 0 Å². The second kappa shape index (κ2) is 3.44. The van der Waals surface area contributed by atoms with Crippen LogP contribution >= 0.6 is 11.3 Å². The average molecular weight is 182 g/mol. The zero-order chi connectivity index (χ0) is 8.39. The molecule has 1 aromatic rings. The maximum Gasteiger partial charge on any atom is 0.183 e. The van der Waals surface area contributed by atoms with Gasteiger partial charge in [-0.2, -0.15) is 0 Å². The van der Waals surface area contributed by atoms with E-state index in [0.29, 0.717) is 0 Å². The Morgan fingerprint density at radius 3 is 3.00 bits per heavy atom. The molecule has 1 aromatic heterocycles. The quantitative estimate of drug-likeness (QED) is 0.760. The summed E-state index contributed by atoms with van der Waals surface area (Å²) in [7, 11) is 0. The average Bonchev–Trinajstić information content (AvgIpc) is 2.47. The van der Waals surface area contributed by atoms with Gasteiger partial charge in [-0.05, 0) is 32.6 Å². The van der Waals surface area contributed by atoms with Crippen LogP contribution in [0.2, 0.25) is 0 Å². The van der Waals surface area contributed by atoms with Crippen LogP contribution in [0.1, 0.15) is 30.3 Å². The van der Waals surface area contributed by atoms with Gasteiger partial charge in [0.1, 0.15) is 0 Å². The number of hydrogen-bond acceptors (Lipinski definition) is 3. The van der Waals surface area contributed by atoms with Crippen LogP contribution in [0.5, 0.6) is 0 Å². The van der Waals surface area contributed by atoms with Crippen LogP contribution in [0.25, 0.3) is 0 Å². The molecule has 0 spiro atoms. The number of aryl methyl sites for hydroxylation is 2. The summed E-state index contributed by atoms with van der Waals surface area (Å²) in [6.07, 6.45) is 5.11. The van der Waals surface area contributed by atoms with Crippen molar-refractivity contribution in [2.45, 2.75) is 32.6 Å². The highest BCUT2D eigenvalue weighted by molar-refractivity contribution is 7.15. The molecule has 0 fully saturated rings. The number of anilines is 1. The number of thiazole rings is 1. The van der Waals surface area contributed by atoms with E-state index in [-0.39, 0.29) is 0 Å². The van der Waals surface area contributed by atoms with Gasteiger partial charge in [0.25, 0.3) is 0 Å². The lowest BCUT2D eigenvalue weighted by molar-refractivity contribution is 0.682. The van der Waals surface area contributed by atoms with Crippen molar-refractivity contribution >= 4 is 16.5 Å². The Hall–Kier alpha value is -0.570. The number of hydrogen-bond donors (Lipinski definition) is 1. The van der Waals surface area contributed by atoms with Gasteiger partial charge in [-0.1, -0.05) is 0 Å². The minimum Gasteiger partial charge on any atom is -0.362 e. The van der Waals surface area contributed by atoms with E-state index in [4.69, 9.17) is 0 Å². The van der Waals surface area contributed by atoms with Crippen LogP contribution in [0.4, 0.5) is 5.13 Å². The molecule has 0 aliphatic heterocycles.